The van der Waals surface area contributed by atoms with Crippen LogP contribution in [0, 0.1) is 11.7 Å². The van der Waals surface area contributed by atoms with Gasteiger partial charge in [0.25, 0.3) is 0 Å². The number of carbonyl (C=O) groups is 2. The molecule has 0 saturated heterocycles. The molecule has 0 aliphatic heterocycles. The molecule has 0 atom stereocenters. The Labute approximate surface area is 204 Å². The first kappa shape index (κ1) is 25.9. The summed E-state index contributed by atoms with van der Waals surface area (Å²) in [6.07, 6.45) is 2.12. The Morgan fingerprint density at radius 1 is 0.971 bits per heavy atom. The third kappa shape index (κ3) is 6.91. The van der Waals surface area contributed by atoms with Gasteiger partial charge in [-0.05, 0) is 42.2 Å². The van der Waals surface area contributed by atoms with Gasteiger partial charge in [0.1, 0.15) is 17.9 Å². The number of fused-ring (bicyclic) bond motifs is 1. The van der Waals surface area contributed by atoms with Crippen LogP contribution in [0.5, 0.6) is 0 Å². The minimum absolute atomic E-state index is 0.00243. The summed E-state index contributed by atoms with van der Waals surface area (Å²) in [5, 5.41) is 0.431. The number of benzene rings is 2. The molecule has 0 bridgehead atoms. The monoisotopic (exact) mass is 481 g/mol. The summed E-state index contributed by atoms with van der Waals surface area (Å²) in [7, 11) is 3.29. The largest absolute Gasteiger partial charge is 0.464 e. The minimum atomic E-state index is -0.377. The fraction of sp³-hybridized carbons (Fsp3) is 0.370. The van der Waals surface area contributed by atoms with Gasteiger partial charge < -0.3 is 19.1 Å². The number of para-hydroxylation sites is 1. The maximum atomic E-state index is 13.5. The van der Waals surface area contributed by atoms with Crippen molar-refractivity contribution in [3.05, 3.63) is 82.0 Å². The number of carbonyl (C=O) groups excluding carboxylic acids is 2. The molecule has 2 aromatic carbocycles. The Hall–Kier alpha value is -3.68. The molecule has 3 amide bonds. The summed E-state index contributed by atoms with van der Waals surface area (Å²) in [6, 6.07) is 12.5. The Morgan fingerprint density at radius 3 is 2.31 bits per heavy atom. The molecule has 0 radical (unpaired) electrons. The molecule has 8 heteroatoms. The van der Waals surface area contributed by atoms with E-state index < -0.39 is 0 Å². The normalized spacial score (nSPS) is 11.0. The van der Waals surface area contributed by atoms with Gasteiger partial charge in [0.2, 0.25) is 5.91 Å². The van der Waals surface area contributed by atoms with Gasteiger partial charge in [0, 0.05) is 27.2 Å². The maximum Gasteiger partial charge on any atom is 0.319 e. The van der Waals surface area contributed by atoms with E-state index in [0.29, 0.717) is 34.6 Å². The lowest BCUT2D eigenvalue weighted by molar-refractivity contribution is -0.133. The second-order valence-electron chi connectivity index (χ2n) is 9.24. The van der Waals surface area contributed by atoms with E-state index in [4.69, 9.17) is 4.42 Å². The van der Waals surface area contributed by atoms with Gasteiger partial charge in [-0.25, -0.2) is 9.18 Å². The molecule has 35 heavy (non-hydrogen) atoms. The zero-order chi connectivity index (χ0) is 25.5. The SMILES string of the molecule is CC(C)CCN(CC(=O)N(Cc1ccc(F)cc1)Cc1coc2ccccc2c1=O)C(=O)N(C)C. The van der Waals surface area contributed by atoms with Gasteiger partial charge in [-0.1, -0.05) is 38.1 Å². The molecule has 7 nitrogen and oxygen atoms in total. The van der Waals surface area contributed by atoms with Crippen LogP contribution in [0.4, 0.5) is 9.18 Å². The highest BCUT2D eigenvalue weighted by atomic mass is 19.1. The van der Waals surface area contributed by atoms with Crippen LogP contribution in [0.1, 0.15) is 31.4 Å². The Balaban J connectivity index is 1.90. The van der Waals surface area contributed by atoms with Crippen LogP contribution < -0.4 is 5.43 Å². The van der Waals surface area contributed by atoms with Crippen LogP contribution in [0.15, 0.2) is 64.0 Å². The number of hydrogen-bond donors (Lipinski definition) is 0. The van der Waals surface area contributed by atoms with Crippen molar-refractivity contribution in [2.45, 2.75) is 33.4 Å². The van der Waals surface area contributed by atoms with Gasteiger partial charge in [0.05, 0.1) is 23.8 Å². The predicted molar refractivity (Wildman–Crippen MR) is 133 cm³/mol. The Morgan fingerprint density at radius 2 is 1.66 bits per heavy atom. The van der Waals surface area contributed by atoms with Crippen LogP contribution in [0.3, 0.4) is 0 Å². The van der Waals surface area contributed by atoms with Gasteiger partial charge >= 0.3 is 6.03 Å². The topological polar surface area (TPSA) is 74.1 Å². The van der Waals surface area contributed by atoms with Gasteiger partial charge in [-0.15, -0.1) is 0 Å². The van der Waals surface area contributed by atoms with Crippen LogP contribution in [0.2, 0.25) is 0 Å². The van der Waals surface area contributed by atoms with Crippen molar-refractivity contribution in [3.63, 3.8) is 0 Å². The van der Waals surface area contributed by atoms with Crippen molar-refractivity contribution in [2.75, 3.05) is 27.2 Å². The molecule has 1 heterocycles. The number of rotatable bonds is 9. The summed E-state index contributed by atoms with van der Waals surface area (Å²) in [4.78, 5) is 43.7. The number of amides is 3. The molecule has 0 fully saturated rings. The van der Waals surface area contributed by atoms with Gasteiger partial charge in [-0.2, -0.15) is 0 Å². The van der Waals surface area contributed by atoms with E-state index >= 15 is 0 Å². The first-order valence-corrected chi connectivity index (χ1v) is 11.6. The number of urea groups is 1. The van der Waals surface area contributed by atoms with Crippen LogP contribution in [0.25, 0.3) is 11.0 Å². The molecule has 3 rings (SSSR count). The highest BCUT2D eigenvalue weighted by Crippen LogP contribution is 2.15. The van der Waals surface area contributed by atoms with E-state index in [-0.39, 0.29) is 42.8 Å². The van der Waals surface area contributed by atoms with Crippen molar-refractivity contribution >= 4 is 22.9 Å². The third-order valence-corrected chi connectivity index (χ3v) is 5.71. The first-order valence-electron chi connectivity index (χ1n) is 11.6. The molecule has 186 valence electrons. The smallest absolute Gasteiger partial charge is 0.319 e. The summed E-state index contributed by atoms with van der Waals surface area (Å²) in [6.45, 7) is 4.56. The van der Waals surface area contributed by atoms with Crippen molar-refractivity contribution in [1.82, 2.24) is 14.7 Å². The fourth-order valence-electron chi connectivity index (χ4n) is 3.68. The highest BCUT2D eigenvalue weighted by molar-refractivity contribution is 5.84. The van der Waals surface area contributed by atoms with Crippen LogP contribution in [-0.4, -0.2) is 53.8 Å². The summed E-state index contributed by atoms with van der Waals surface area (Å²) >= 11 is 0. The molecular formula is C27H32FN3O4. The zero-order valence-electron chi connectivity index (χ0n) is 20.7. The summed E-state index contributed by atoms with van der Waals surface area (Å²) in [5.41, 5.74) is 1.28. The molecular weight excluding hydrogens is 449 g/mol. The van der Waals surface area contributed by atoms with E-state index in [9.17, 15) is 18.8 Å². The third-order valence-electron chi connectivity index (χ3n) is 5.71. The Kier molecular flexibility index (Phi) is 8.63. The number of nitrogens with zero attached hydrogens (tertiary/aromatic N) is 3. The van der Waals surface area contributed by atoms with Crippen molar-refractivity contribution in [2.24, 2.45) is 5.92 Å². The molecule has 0 aliphatic rings. The highest BCUT2D eigenvalue weighted by Gasteiger charge is 2.24. The zero-order valence-corrected chi connectivity index (χ0v) is 20.7. The molecule has 1 aromatic heterocycles. The molecule has 0 aliphatic carbocycles. The van der Waals surface area contributed by atoms with E-state index in [0.717, 1.165) is 6.42 Å². The Bertz CT molecular complexity index is 1220. The molecule has 0 unspecified atom stereocenters. The lowest BCUT2D eigenvalue weighted by Gasteiger charge is -2.30. The predicted octanol–water partition coefficient (Wildman–Crippen LogP) is 4.49. The van der Waals surface area contributed by atoms with Crippen LogP contribution >= 0.6 is 0 Å². The van der Waals surface area contributed by atoms with E-state index in [1.165, 1.54) is 33.1 Å². The molecule has 0 saturated carbocycles. The van der Waals surface area contributed by atoms with Gasteiger partial charge in [0.15, 0.2) is 5.43 Å². The quantitative estimate of drug-likeness (QED) is 0.451. The van der Waals surface area contributed by atoms with E-state index in [1.54, 1.807) is 50.5 Å². The average molecular weight is 482 g/mol. The van der Waals surface area contributed by atoms with E-state index in [2.05, 4.69) is 13.8 Å². The fourth-order valence-corrected chi connectivity index (χ4v) is 3.68. The molecule has 0 spiro atoms. The summed E-state index contributed by atoms with van der Waals surface area (Å²) in [5.74, 6) is -0.334. The first-order chi connectivity index (χ1) is 16.7. The van der Waals surface area contributed by atoms with Crippen molar-refractivity contribution < 1.29 is 18.4 Å². The minimum Gasteiger partial charge on any atom is -0.464 e. The second kappa shape index (κ2) is 11.6. The van der Waals surface area contributed by atoms with E-state index in [1.807, 2.05) is 0 Å². The van der Waals surface area contributed by atoms with Crippen molar-refractivity contribution in [1.29, 1.82) is 0 Å². The average Bonchev–Trinajstić information content (AvgIpc) is 2.83. The second-order valence-corrected chi connectivity index (χ2v) is 9.24. The summed E-state index contributed by atoms with van der Waals surface area (Å²) < 4.78 is 19.1. The van der Waals surface area contributed by atoms with Gasteiger partial charge in [-0.3, -0.25) is 9.59 Å². The maximum absolute atomic E-state index is 13.5. The number of hydrogen-bond acceptors (Lipinski definition) is 4. The molecule has 0 N–H and O–H groups in total. The number of halogens is 1. The molecule has 3 aromatic rings. The van der Waals surface area contributed by atoms with Crippen LogP contribution in [-0.2, 0) is 17.9 Å². The van der Waals surface area contributed by atoms with Crippen molar-refractivity contribution in [3.8, 4) is 0 Å². The lowest BCUT2D eigenvalue weighted by atomic mass is 10.1. The standard InChI is InChI=1S/C27H32FN3O4/c1-19(2)13-14-30(27(34)29(3)4)17-25(32)31(15-20-9-11-22(28)12-10-20)16-21-18-35-24-8-6-5-7-23(24)26(21)33/h5-12,18-19H,13-17H2,1-4H3. The lowest BCUT2D eigenvalue weighted by Crippen LogP contribution is -2.46.